The zero-order chi connectivity index (χ0) is 8.69. The molecule has 0 bridgehead atoms. The maximum atomic E-state index is 10.4. The van der Waals surface area contributed by atoms with E-state index in [1.54, 1.807) is 0 Å². The summed E-state index contributed by atoms with van der Waals surface area (Å²) in [5.41, 5.74) is 0. The molecule has 0 aromatic heterocycles. The van der Waals surface area contributed by atoms with Crippen LogP contribution < -0.4 is 0 Å². The molecule has 0 spiro atoms. The molecular weight excluding hydrogens is 176 g/mol. The molecule has 0 unspecified atom stereocenters. The van der Waals surface area contributed by atoms with E-state index >= 15 is 0 Å². The van der Waals surface area contributed by atoms with Crippen molar-refractivity contribution in [3.63, 3.8) is 0 Å². The average molecular weight is 190 g/mol. The third kappa shape index (κ3) is 7.68. The van der Waals surface area contributed by atoms with Gasteiger partial charge in [0.2, 0.25) is 0 Å². The van der Waals surface area contributed by atoms with Crippen LogP contribution >= 0.6 is 12.2 Å². The van der Waals surface area contributed by atoms with Gasteiger partial charge in [0.15, 0.2) is 5.05 Å². The summed E-state index contributed by atoms with van der Waals surface area (Å²) in [5, 5.41) is 0.438. The lowest BCUT2D eigenvalue weighted by Gasteiger charge is -2.01. The quantitative estimate of drug-likeness (QED) is 0.284. The van der Waals surface area contributed by atoms with Crippen molar-refractivity contribution < 1.29 is 9.53 Å². The van der Waals surface area contributed by atoms with Crippen molar-refractivity contribution in [1.29, 1.82) is 0 Å². The summed E-state index contributed by atoms with van der Waals surface area (Å²) in [4.78, 5) is 10.4. The van der Waals surface area contributed by atoms with Gasteiger partial charge in [-0.2, -0.15) is 0 Å². The molecule has 0 N–H and O–H groups in total. The highest BCUT2D eigenvalue weighted by molar-refractivity contribution is 7.80. The maximum absolute atomic E-state index is 10.4. The van der Waals surface area contributed by atoms with Crippen LogP contribution in [0.5, 0.6) is 0 Å². The molecule has 0 aliphatic carbocycles. The second-order valence-corrected chi connectivity index (χ2v) is 3.88. The van der Waals surface area contributed by atoms with E-state index in [-0.39, 0.29) is 5.97 Å². The molecule has 0 heterocycles. The van der Waals surface area contributed by atoms with Crippen LogP contribution in [0.4, 0.5) is 0 Å². The third-order valence-corrected chi connectivity index (χ3v) is 2.24. The normalized spacial score (nSPS) is 9.55. The van der Waals surface area contributed by atoms with Gasteiger partial charge in [-0.05, 0) is 18.6 Å². The molecule has 0 aromatic carbocycles. The Hall–Kier alpha value is -0.223. The van der Waals surface area contributed by atoms with E-state index in [9.17, 15) is 4.79 Å². The summed E-state index contributed by atoms with van der Waals surface area (Å²) in [5.74, 6) is -0.305. The first kappa shape index (κ1) is 10.8. The Morgan fingerprint density at radius 3 is 2.64 bits per heavy atom. The van der Waals surface area contributed by atoms with Gasteiger partial charge in [-0.3, -0.25) is 4.79 Å². The second-order valence-electron chi connectivity index (χ2n) is 2.42. The second kappa shape index (κ2) is 6.48. The molecule has 0 aliphatic rings. The predicted octanol–water partition coefficient (Wildman–Crippen LogP) is 0.831. The number of carbonyl (C=O) groups excluding carboxylic acids is 1. The van der Waals surface area contributed by atoms with Gasteiger partial charge in [-0.15, -0.1) is 0 Å². The fourth-order valence-electron chi connectivity index (χ4n) is 0.731. The van der Waals surface area contributed by atoms with Crippen LogP contribution in [0.2, 0.25) is 6.04 Å². The first-order chi connectivity index (χ1) is 5.16. The van der Waals surface area contributed by atoms with Crippen LogP contribution in [-0.2, 0) is 9.53 Å². The molecule has 0 atom stereocenters. The lowest BCUT2D eigenvalue weighted by molar-refractivity contribution is -0.132. The van der Waals surface area contributed by atoms with Gasteiger partial charge < -0.3 is 4.74 Å². The van der Waals surface area contributed by atoms with Crippen LogP contribution in [0.3, 0.4) is 0 Å². The van der Waals surface area contributed by atoms with Crippen LogP contribution in [0.15, 0.2) is 0 Å². The Bertz CT molecular complexity index is 147. The highest BCUT2D eigenvalue weighted by atomic mass is 32.1. The van der Waals surface area contributed by atoms with Gasteiger partial charge in [-0.1, -0.05) is 12.5 Å². The largest absolute Gasteiger partial charge is 0.419 e. The summed E-state index contributed by atoms with van der Waals surface area (Å²) in [7, 11) is 1.25. The molecule has 0 aliphatic heterocycles. The van der Waals surface area contributed by atoms with Crippen molar-refractivity contribution in [1.82, 2.24) is 0 Å². The molecule has 0 aromatic rings. The summed E-state index contributed by atoms with van der Waals surface area (Å²) in [6.07, 6.45) is 3.00. The fourth-order valence-corrected chi connectivity index (χ4v) is 1.49. The summed E-state index contributed by atoms with van der Waals surface area (Å²) in [6.45, 7) is 1.37. The number of hydrogen-bond donors (Lipinski definition) is 0. The van der Waals surface area contributed by atoms with Crippen molar-refractivity contribution >= 4 is 33.5 Å². The fraction of sp³-hybridized carbons (Fsp3) is 0.714. The molecule has 0 amide bonds. The lowest BCUT2D eigenvalue weighted by atomic mass is 10.3. The third-order valence-electron chi connectivity index (χ3n) is 1.24. The summed E-state index contributed by atoms with van der Waals surface area (Å²) in [6, 6.07) is 1.29. The topological polar surface area (TPSA) is 26.3 Å². The Balaban J connectivity index is 3.30. The standard InChI is InChI=1S/C7H14O2SSi/c1-6(8)9-7(10)4-2-3-5-11/h2-5H2,1,11H3. The van der Waals surface area contributed by atoms with Crippen LogP contribution in [0, 0.1) is 0 Å². The Labute approximate surface area is 75.7 Å². The minimum atomic E-state index is -0.305. The zero-order valence-electron chi connectivity index (χ0n) is 7.05. The minimum absolute atomic E-state index is 0.305. The van der Waals surface area contributed by atoms with Crippen molar-refractivity contribution in [3.05, 3.63) is 0 Å². The molecule has 0 fully saturated rings. The lowest BCUT2D eigenvalue weighted by Crippen LogP contribution is -2.06. The van der Waals surface area contributed by atoms with Crippen molar-refractivity contribution in [3.8, 4) is 0 Å². The van der Waals surface area contributed by atoms with E-state index < -0.39 is 0 Å². The number of unbranched alkanes of at least 4 members (excludes halogenated alkanes) is 1. The molecule has 11 heavy (non-hydrogen) atoms. The maximum Gasteiger partial charge on any atom is 0.308 e. The smallest absolute Gasteiger partial charge is 0.308 e. The summed E-state index contributed by atoms with van der Waals surface area (Å²) < 4.78 is 4.70. The Morgan fingerprint density at radius 2 is 2.18 bits per heavy atom. The number of rotatable bonds is 4. The van der Waals surface area contributed by atoms with E-state index in [0.29, 0.717) is 5.05 Å². The molecular formula is C7H14O2SSi. The molecule has 0 saturated heterocycles. The van der Waals surface area contributed by atoms with E-state index in [1.807, 2.05) is 0 Å². The van der Waals surface area contributed by atoms with E-state index in [1.165, 1.54) is 29.6 Å². The first-order valence-electron chi connectivity index (χ1n) is 3.88. The molecule has 0 radical (unpaired) electrons. The van der Waals surface area contributed by atoms with Crippen molar-refractivity contribution in [2.45, 2.75) is 32.2 Å². The highest BCUT2D eigenvalue weighted by Crippen LogP contribution is 2.01. The van der Waals surface area contributed by atoms with E-state index in [2.05, 4.69) is 0 Å². The van der Waals surface area contributed by atoms with Crippen molar-refractivity contribution in [2.24, 2.45) is 0 Å². The molecule has 4 heteroatoms. The van der Waals surface area contributed by atoms with Gasteiger partial charge in [-0.25, -0.2) is 0 Å². The number of carbonyl (C=O) groups is 1. The van der Waals surface area contributed by atoms with Crippen LogP contribution in [0.25, 0.3) is 0 Å². The van der Waals surface area contributed by atoms with Crippen LogP contribution in [0.1, 0.15) is 26.2 Å². The van der Waals surface area contributed by atoms with Gasteiger partial charge in [0, 0.05) is 23.6 Å². The number of esters is 1. The Morgan fingerprint density at radius 1 is 1.55 bits per heavy atom. The zero-order valence-corrected chi connectivity index (χ0v) is 9.87. The molecule has 0 rings (SSSR count). The van der Waals surface area contributed by atoms with Gasteiger partial charge in [0.1, 0.15) is 0 Å². The first-order valence-corrected chi connectivity index (χ1v) is 5.70. The number of ether oxygens (including phenoxy) is 1. The average Bonchev–Trinajstić information content (AvgIpc) is 1.86. The van der Waals surface area contributed by atoms with E-state index in [0.717, 1.165) is 12.8 Å². The number of hydrogen-bond acceptors (Lipinski definition) is 3. The highest BCUT2D eigenvalue weighted by Gasteiger charge is 1.99. The SMILES string of the molecule is CC(=O)OC(=S)CCCC[SiH3]. The minimum Gasteiger partial charge on any atom is -0.419 e. The van der Waals surface area contributed by atoms with Crippen molar-refractivity contribution in [2.75, 3.05) is 0 Å². The Kier molecular flexibility index (Phi) is 6.35. The monoisotopic (exact) mass is 190 g/mol. The summed E-state index contributed by atoms with van der Waals surface area (Å²) >= 11 is 4.81. The van der Waals surface area contributed by atoms with Gasteiger partial charge in [0.05, 0.1) is 0 Å². The number of thiocarbonyl (C=S) groups is 1. The van der Waals surface area contributed by atoms with E-state index in [4.69, 9.17) is 17.0 Å². The molecule has 2 nitrogen and oxygen atoms in total. The molecule has 0 saturated carbocycles. The predicted molar refractivity (Wildman–Crippen MR) is 53.0 cm³/mol. The molecule has 64 valence electrons. The van der Waals surface area contributed by atoms with Gasteiger partial charge in [0.25, 0.3) is 0 Å². The van der Waals surface area contributed by atoms with Gasteiger partial charge >= 0.3 is 5.97 Å². The van der Waals surface area contributed by atoms with Crippen LogP contribution in [-0.4, -0.2) is 21.3 Å².